The number of methoxy groups -OCH3 is 2. The number of carbonyl (C=O) groups excluding carboxylic acids is 1. The Bertz CT molecular complexity index is 1130. The first-order valence-corrected chi connectivity index (χ1v) is 10.9. The number of carboxylic acid groups (broad SMARTS) is 1. The number of hydrogen-bond acceptors (Lipinski definition) is 6. The van der Waals surface area contributed by atoms with Crippen LogP contribution in [0.3, 0.4) is 0 Å². The predicted octanol–water partition coefficient (Wildman–Crippen LogP) is 4.52. The van der Waals surface area contributed by atoms with Crippen molar-refractivity contribution >= 4 is 29.6 Å². The van der Waals surface area contributed by atoms with Gasteiger partial charge in [0.05, 0.1) is 22.8 Å². The smallest absolute Gasteiger partial charge is 0.337 e. The van der Waals surface area contributed by atoms with Crippen LogP contribution >= 0.6 is 11.6 Å². The van der Waals surface area contributed by atoms with Crippen molar-refractivity contribution in [2.24, 2.45) is 0 Å². The summed E-state index contributed by atoms with van der Waals surface area (Å²) < 4.78 is 16.3. The Hall–Kier alpha value is -3.39. The fourth-order valence-electron chi connectivity index (χ4n) is 3.85. The Morgan fingerprint density at radius 1 is 1.09 bits per heavy atom. The fraction of sp³-hybridized carbons (Fsp3) is 0.231. The zero-order chi connectivity index (χ0) is 24.7. The Morgan fingerprint density at radius 2 is 1.79 bits per heavy atom. The number of nitrogens with one attached hydrogen (secondary N) is 1. The monoisotopic (exact) mass is 483 g/mol. The molecule has 1 atom stereocenters. The summed E-state index contributed by atoms with van der Waals surface area (Å²) in [5.41, 5.74) is 2.19. The fourth-order valence-corrected chi connectivity index (χ4v) is 4.05. The van der Waals surface area contributed by atoms with Gasteiger partial charge in [-0.25, -0.2) is 9.59 Å². The van der Waals surface area contributed by atoms with Gasteiger partial charge in [-0.15, -0.1) is 0 Å². The minimum absolute atomic E-state index is 0.00347. The molecule has 2 aromatic carbocycles. The molecule has 0 saturated heterocycles. The Kier molecular flexibility index (Phi) is 8.65. The van der Waals surface area contributed by atoms with E-state index in [0.717, 1.165) is 5.56 Å². The maximum Gasteiger partial charge on any atom is 0.337 e. The molecule has 8 heteroatoms. The number of carbonyl (C=O) groups is 2. The SMILES string of the molecule is COC(OC)C1=C(C(=O)OC/C=C/c2ccccc2)C(c2cccc(Cl)c2)C(C(=O)O)=C(C)N1. The van der Waals surface area contributed by atoms with Gasteiger partial charge in [0.15, 0.2) is 6.29 Å². The molecule has 1 unspecified atom stereocenters. The normalized spacial score (nSPS) is 16.2. The molecule has 0 fully saturated rings. The summed E-state index contributed by atoms with van der Waals surface area (Å²) in [6.07, 6.45) is 2.59. The number of aliphatic carboxylic acids is 1. The quantitative estimate of drug-likeness (QED) is 0.400. The van der Waals surface area contributed by atoms with Gasteiger partial charge in [0, 0.05) is 24.9 Å². The first kappa shape index (κ1) is 25.2. The Balaban J connectivity index is 2.03. The molecule has 1 aliphatic heterocycles. The molecule has 0 saturated carbocycles. The topological polar surface area (TPSA) is 94.1 Å². The summed E-state index contributed by atoms with van der Waals surface area (Å²) in [7, 11) is 2.85. The number of benzene rings is 2. The van der Waals surface area contributed by atoms with Crippen molar-refractivity contribution in [2.45, 2.75) is 19.1 Å². The highest BCUT2D eigenvalue weighted by Gasteiger charge is 2.40. The highest BCUT2D eigenvalue weighted by Crippen LogP contribution is 2.40. The molecular formula is C26H26ClNO6. The number of hydrogen-bond donors (Lipinski definition) is 2. The Morgan fingerprint density at radius 3 is 2.41 bits per heavy atom. The predicted molar refractivity (Wildman–Crippen MR) is 129 cm³/mol. The van der Waals surface area contributed by atoms with Crippen LogP contribution in [-0.2, 0) is 23.8 Å². The van der Waals surface area contributed by atoms with Crippen LogP contribution in [0.2, 0.25) is 5.02 Å². The molecule has 0 aromatic heterocycles. The van der Waals surface area contributed by atoms with Crippen LogP contribution in [0.25, 0.3) is 6.08 Å². The molecule has 1 heterocycles. The van der Waals surface area contributed by atoms with Crippen LogP contribution < -0.4 is 5.32 Å². The lowest BCUT2D eigenvalue weighted by Gasteiger charge is -2.33. The lowest BCUT2D eigenvalue weighted by Crippen LogP contribution is -2.38. The molecule has 0 radical (unpaired) electrons. The first-order valence-electron chi connectivity index (χ1n) is 10.5. The van der Waals surface area contributed by atoms with Crippen molar-refractivity contribution in [2.75, 3.05) is 20.8 Å². The van der Waals surface area contributed by atoms with Gasteiger partial charge in [-0.1, -0.05) is 60.1 Å². The number of rotatable bonds is 9. The van der Waals surface area contributed by atoms with E-state index in [1.807, 2.05) is 36.4 Å². The zero-order valence-electron chi connectivity index (χ0n) is 19.1. The summed E-state index contributed by atoms with van der Waals surface area (Å²) in [6.45, 7) is 1.61. The number of dihydropyridines is 1. The van der Waals surface area contributed by atoms with Gasteiger partial charge in [0.1, 0.15) is 6.61 Å². The van der Waals surface area contributed by atoms with Crippen LogP contribution in [0.5, 0.6) is 0 Å². The molecule has 0 bridgehead atoms. The van der Waals surface area contributed by atoms with Gasteiger partial charge in [-0.05, 0) is 36.3 Å². The average molecular weight is 484 g/mol. The van der Waals surface area contributed by atoms with Gasteiger partial charge in [-0.3, -0.25) is 0 Å². The van der Waals surface area contributed by atoms with Crippen molar-refractivity contribution in [1.82, 2.24) is 5.32 Å². The number of halogens is 1. The molecular weight excluding hydrogens is 458 g/mol. The molecule has 2 aromatic rings. The minimum Gasteiger partial charge on any atom is -0.478 e. The Labute approximate surface area is 203 Å². The van der Waals surface area contributed by atoms with E-state index in [1.165, 1.54) is 14.2 Å². The molecule has 1 aliphatic rings. The van der Waals surface area contributed by atoms with E-state index in [4.69, 9.17) is 25.8 Å². The van der Waals surface area contributed by atoms with E-state index in [0.29, 0.717) is 16.3 Å². The van der Waals surface area contributed by atoms with E-state index in [9.17, 15) is 14.7 Å². The van der Waals surface area contributed by atoms with Crippen molar-refractivity contribution in [3.8, 4) is 0 Å². The first-order chi connectivity index (χ1) is 16.4. The lowest BCUT2D eigenvalue weighted by molar-refractivity contribution is -0.139. The third-order valence-corrected chi connectivity index (χ3v) is 5.55. The van der Waals surface area contributed by atoms with E-state index in [2.05, 4.69) is 5.32 Å². The van der Waals surface area contributed by atoms with Gasteiger partial charge < -0.3 is 24.6 Å². The van der Waals surface area contributed by atoms with E-state index >= 15 is 0 Å². The van der Waals surface area contributed by atoms with Crippen LogP contribution in [0, 0.1) is 0 Å². The van der Waals surface area contributed by atoms with Gasteiger partial charge >= 0.3 is 11.9 Å². The van der Waals surface area contributed by atoms with E-state index in [1.54, 1.807) is 37.3 Å². The summed E-state index contributed by atoms with van der Waals surface area (Å²) in [5.74, 6) is -2.82. The molecule has 178 valence electrons. The molecule has 0 spiro atoms. The number of allylic oxidation sites excluding steroid dienone is 1. The standard InChI is InChI=1S/C26H26ClNO6/c1-16-20(24(29)30)21(18-12-7-13-19(27)15-18)22(23(28-16)26(32-2)33-3)25(31)34-14-8-11-17-9-5-4-6-10-17/h4-13,15,21,26,28H,14H2,1-3H3,(H,29,30)/b11-8+. The van der Waals surface area contributed by atoms with Crippen LogP contribution in [0.1, 0.15) is 24.0 Å². The zero-order valence-corrected chi connectivity index (χ0v) is 19.8. The summed E-state index contributed by atoms with van der Waals surface area (Å²) in [4.78, 5) is 25.6. The molecule has 7 nitrogen and oxygen atoms in total. The highest BCUT2D eigenvalue weighted by atomic mass is 35.5. The van der Waals surface area contributed by atoms with Crippen LogP contribution in [0.4, 0.5) is 0 Å². The van der Waals surface area contributed by atoms with Gasteiger partial charge in [0.25, 0.3) is 0 Å². The number of carboxylic acids is 1. The summed E-state index contributed by atoms with van der Waals surface area (Å²) in [5, 5.41) is 13.4. The molecule has 2 N–H and O–H groups in total. The summed E-state index contributed by atoms with van der Waals surface area (Å²) >= 11 is 6.20. The van der Waals surface area contributed by atoms with Crippen LogP contribution in [-0.4, -0.2) is 44.2 Å². The molecule has 0 amide bonds. The lowest BCUT2D eigenvalue weighted by atomic mass is 9.80. The van der Waals surface area contributed by atoms with Crippen LogP contribution in [0.15, 0.2) is 83.2 Å². The number of esters is 1. The van der Waals surface area contributed by atoms with Gasteiger partial charge in [0.2, 0.25) is 0 Å². The minimum atomic E-state index is -1.17. The maximum absolute atomic E-state index is 13.4. The second-order valence-corrected chi connectivity index (χ2v) is 7.94. The van der Waals surface area contributed by atoms with E-state index in [-0.39, 0.29) is 23.5 Å². The highest BCUT2D eigenvalue weighted by molar-refractivity contribution is 6.30. The number of ether oxygens (including phenoxy) is 3. The third kappa shape index (κ3) is 5.75. The maximum atomic E-state index is 13.4. The van der Waals surface area contributed by atoms with E-state index < -0.39 is 24.1 Å². The van der Waals surface area contributed by atoms with Crippen molar-refractivity contribution in [3.05, 3.63) is 99.4 Å². The second kappa shape index (κ2) is 11.7. The second-order valence-electron chi connectivity index (χ2n) is 7.50. The molecule has 0 aliphatic carbocycles. The molecule has 3 rings (SSSR count). The third-order valence-electron chi connectivity index (χ3n) is 5.31. The van der Waals surface area contributed by atoms with Crippen molar-refractivity contribution in [3.63, 3.8) is 0 Å². The summed E-state index contributed by atoms with van der Waals surface area (Å²) in [6, 6.07) is 16.3. The van der Waals surface area contributed by atoms with Gasteiger partial charge in [-0.2, -0.15) is 0 Å². The molecule has 34 heavy (non-hydrogen) atoms. The van der Waals surface area contributed by atoms with Crippen molar-refractivity contribution < 1.29 is 28.9 Å². The largest absolute Gasteiger partial charge is 0.478 e. The van der Waals surface area contributed by atoms with Crippen molar-refractivity contribution in [1.29, 1.82) is 0 Å². The average Bonchev–Trinajstić information content (AvgIpc) is 2.82.